The Hall–Kier alpha value is -5.17. The van der Waals surface area contributed by atoms with E-state index in [9.17, 15) is 14.9 Å². The zero-order chi connectivity index (χ0) is 30.4. The predicted molar refractivity (Wildman–Crippen MR) is 164 cm³/mol. The molecule has 0 unspecified atom stereocenters. The highest BCUT2D eigenvalue weighted by Gasteiger charge is 2.17. The average Bonchev–Trinajstić information content (AvgIpc) is 2.98. The van der Waals surface area contributed by atoms with Crippen molar-refractivity contribution in [1.29, 1.82) is 5.26 Å². The Balaban J connectivity index is 1.70. The summed E-state index contributed by atoms with van der Waals surface area (Å²) in [5, 5.41) is 15.9. The fraction of sp³-hybridized carbons (Fsp3) is 0.281. The average molecular weight is 567 g/mol. The van der Waals surface area contributed by atoms with E-state index < -0.39 is 5.91 Å². The van der Waals surface area contributed by atoms with Crippen LogP contribution in [0.3, 0.4) is 0 Å². The summed E-state index contributed by atoms with van der Waals surface area (Å²) in [6, 6.07) is 16.4. The van der Waals surface area contributed by atoms with Crippen LogP contribution in [0.25, 0.3) is 22.2 Å². The van der Waals surface area contributed by atoms with Gasteiger partial charge in [-0.05, 0) is 53.3 Å². The van der Waals surface area contributed by atoms with Gasteiger partial charge in [-0.25, -0.2) is 4.98 Å². The van der Waals surface area contributed by atoms with Gasteiger partial charge in [0.25, 0.3) is 11.5 Å². The van der Waals surface area contributed by atoms with Crippen LogP contribution in [-0.4, -0.2) is 41.7 Å². The van der Waals surface area contributed by atoms with E-state index in [-0.39, 0.29) is 16.5 Å². The number of benzene rings is 2. The van der Waals surface area contributed by atoms with Crippen LogP contribution >= 0.6 is 0 Å². The van der Waals surface area contributed by atoms with Crippen LogP contribution in [0.15, 0.2) is 71.2 Å². The molecule has 0 aliphatic rings. The maximum Gasteiger partial charge on any atom is 0.265 e. The molecule has 0 saturated heterocycles. The number of ether oxygens (including phenoxy) is 2. The Kier molecular flexibility index (Phi) is 8.91. The number of nitrogens with zero attached hydrogens (tertiary/aromatic N) is 4. The molecule has 0 radical (unpaired) electrons. The number of pyridine rings is 1. The van der Waals surface area contributed by atoms with E-state index in [1.54, 1.807) is 68.4 Å². The molecule has 2 heterocycles. The summed E-state index contributed by atoms with van der Waals surface area (Å²) in [5.74, 6) is 1.05. The monoisotopic (exact) mass is 566 g/mol. The van der Waals surface area contributed by atoms with Crippen LogP contribution in [0.4, 0.5) is 11.6 Å². The number of nitrogens with one attached hydrogen (secondary N) is 2. The van der Waals surface area contributed by atoms with Crippen molar-refractivity contribution in [2.45, 2.75) is 33.7 Å². The first-order valence-corrected chi connectivity index (χ1v) is 13.4. The van der Waals surface area contributed by atoms with Crippen molar-refractivity contribution >= 4 is 28.6 Å². The Morgan fingerprint density at radius 3 is 2.43 bits per heavy atom. The first-order valence-electron chi connectivity index (χ1n) is 13.4. The minimum Gasteiger partial charge on any atom is -0.497 e. The topological polar surface area (TPSA) is 131 Å². The fourth-order valence-corrected chi connectivity index (χ4v) is 4.48. The van der Waals surface area contributed by atoms with Crippen LogP contribution < -0.4 is 25.7 Å². The van der Waals surface area contributed by atoms with Crippen molar-refractivity contribution in [2.24, 2.45) is 5.41 Å². The maximum atomic E-state index is 13.9. The third-order valence-electron chi connectivity index (χ3n) is 6.46. The molecule has 4 aromatic rings. The SMILES string of the molecule is CNc1ncc2cc(-c3cc(OC)cc(OC)c3)c(=O)n(CCc3cccc(NC(=O)/C(C#N)=C/C(C)(C)C)c3)c2n1. The van der Waals surface area contributed by atoms with Gasteiger partial charge in [-0.15, -0.1) is 0 Å². The van der Waals surface area contributed by atoms with Crippen LogP contribution in [0, 0.1) is 16.7 Å². The number of aryl methyl sites for hydroxylation is 2. The van der Waals surface area contributed by atoms with Gasteiger partial charge in [-0.2, -0.15) is 10.2 Å². The first kappa shape index (κ1) is 29.8. The molecule has 0 aliphatic heterocycles. The minimum atomic E-state index is -0.468. The molecule has 216 valence electrons. The third kappa shape index (κ3) is 6.93. The second-order valence-electron chi connectivity index (χ2n) is 10.8. The molecule has 2 N–H and O–H groups in total. The lowest BCUT2D eigenvalue weighted by Crippen LogP contribution is -2.24. The molecule has 1 amide bonds. The summed E-state index contributed by atoms with van der Waals surface area (Å²) < 4.78 is 12.5. The highest BCUT2D eigenvalue weighted by atomic mass is 16.5. The van der Waals surface area contributed by atoms with Crippen LogP contribution in [0.1, 0.15) is 26.3 Å². The van der Waals surface area contributed by atoms with Gasteiger partial charge in [0.15, 0.2) is 0 Å². The third-order valence-corrected chi connectivity index (χ3v) is 6.46. The van der Waals surface area contributed by atoms with Crippen molar-refractivity contribution in [3.63, 3.8) is 0 Å². The zero-order valence-corrected chi connectivity index (χ0v) is 24.6. The van der Waals surface area contributed by atoms with Crippen LogP contribution in [0.2, 0.25) is 0 Å². The van der Waals surface area contributed by atoms with Gasteiger partial charge in [0.1, 0.15) is 28.8 Å². The number of anilines is 2. The number of rotatable bonds is 9. The summed E-state index contributed by atoms with van der Waals surface area (Å²) in [4.78, 5) is 35.6. The summed E-state index contributed by atoms with van der Waals surface area (Å²) in [5.41, 5.74) is 2.55. The molecule has 42 heavy (non-hydrogen) atoms. The molecule has 4 rings (SSSR count). The van der Waals surface area contributed by atoms with Gasteiger partial charge in [-0.3, -0.25) is 14.2 Å². The van der Waals surface area contributed by atoms with Crippen LogP contribution in [-0.2, 0) is 17.8 Å². The normalized spacial score (nSPS) is 11.6. The van der Waals surface area contributed by atoms with Gasteiger partial charge in [0.05, 0.1) is 14.2 Å². The van der Waals surface area contributed by atoms with E-state index in [0.29, 0.717) is 58.3 Å². The number of carbonyl (C=O) groups is 1. The molecule has 10 nitrogen and oxygen atoms in total. The molecular formula is C32H34N6O4. The number of nitriles is 1. The quantitative estimate of drug-likeness (QED) is 0.209. The van der Waals surface area contributed by atoms with E-state index in [1.807, 2.05) is 45.0 Å². The van der Waals surface area contributed by atoms with Gasteiger partial charge >= 0.3 is 0 Å². The van der Waals surface area contributed by atoms with Crippen molar-refractivity contribution in [1.82, 2.24) is 14.5 Å². The lowest BCUT2D eigenvalue weighted by Gasteiger charge is -2.15. The minimum absolute atomic E-state index is 0.0527. The van der Waals surface area contributed by atoms with E-state index in [1.165, 1.54) is 0 Å². The molecule has 0 fully saturated rings. The fourth-order valence-electron chi connectivity index (χ4n) is 4.48. The number of methoxy groups -OCH3 is 2. The lowest BCUT2D eigenvalue weighted by molar-refractivity contribution is -0.112. The summed E-state index contributed by atoms with van der Waals surface area (Å²) in [6.45, 7) is 6.09. The maximum absolute atomic E-state index is 13.9. The smallest absolute Gasteiger partial charge is 0.265 e. The Morgan fingerprint density at radius 2 is 1.81 bits per heavy atom. The van der Waals surface area contributed by atoms with Gasteiger partial charge in [0.2, 0.25) is 5.95 Å². The molecule has 0 atom stereocenters. The highest BCUT2D eigenvalue weighted by molar-refractivity contribution is 6.06. The summed E-state index contributed by atoms with van der Waals surface area (Å²) in [6.07, 6.45) is 3.81. The van der Waals surface area contributed by atoms with E-state index >= 15 is 0 Å². The van der Waals surface area contributed by atoms with Gasteiger partial charge in [-0.1, -0.05) is 39.0 Å². The predicted octanol–water partition coefficient (Wildman–Crippen LogP) is 5.19. The molecular weight excluding hydrogens is 532 g/mol. The largest absolute Gasteiger partial charge is 0.497 e. The van der Waals surface area contributed by atoms with E-state index in [0.717, 1.165) is 5.56 Å². The number of fused-ring (bicyclic) bond motifs is 1. The lowest BCUT2D eigenvalue weighted by atomic mass is 9.93. The molecule has 0 spiro atoms. The Labute approximate surface area is 244 Å². The second kappa shape index (κ2) is 12.6. The molecule has 2 aromatic heterocycles. The number of hydrogen-bond donors (Lipinski definition) is 2. The van der Waals surface area contributed by atoms with Gasteiger partial charge in [0, 0.05) is 42.5 Å². The standard InChI is InChI=1S/C32H34N6O4/c1-32(2,3)17-23(18-33)29(39)36-24-9-7-8-20(12-24)10-11-38-28-22(19-35-31(34-4)37-28)15-27(30(38)40)21-13-25(41-5)16-26(14-21)42-6/h7-9,12-17,19H,10-11H2,1-6H3,(H,36,39)(H,34,35,37)/b23-17+. The molecule has 0 saturated carbocycles. The number of aromatic nitrogens is 3. The number of carbonyl (C=O) groups excluding carboxylic acids is 1. The van der Waals surface area contributed by atoms with Crippen molar-refractivity contribution in [3.05, 3.63) is 82.3 Å². The number of hydrogen-bond acceptors (Lipinski definition) is 8. The Bertz CT molecular complexity index is 1740. The highest BCUT2D eigenvalue weighted by Crippen LogP contribution is 2.30. The Morgan fingerprint density at radius 1 is 1.10 bits per heavy atom. The van der Waals surface area contributed by atoms with Crippen molar-refractivity contribution in [3.8, 4) is 28.7 Å². The van der Waals surface area contributed by atoms with Crippen molar-refractivity contribution < 1.29 is 14.3 Å². The summed E-state index contributed by atoms with van der Waals surface area (Å²) >= 11 is 0. The molecule has 10 heteroatoms. The number of allylic oxidation sites excluding steroid dienone is 1. The first-order chi connectivity index (χ1) is 20.0. The van der Waals surface area contributed by atoms with Crippen LogP contribution in [0.5, 0.6) is 11.5 Å². The molecule has 2 aromatic carbocycles. The van der Waals surface area contributed by atoms with E-state index in [4.69, 9.17) is 9.47 Å². The van der Waals surface area contributed by atoms with Crippen molar-refractivity contribution in [2.75, 3.05) is 31.9 Å². The summed E-state index contributed by atoms with van der Waals surface area (Å²) in [7, 11) is 4.83. The van der Waals surface area contributed by atoms with Gasteiger partial charge < -0.3 is 20.1 Å². The second-order valence-corrected chi connectivity index (χ2v) is 10.8. The molecule has 0 aliphatic carbocycles. The number of amides is 1. The van der Waals surface area contributed by atoms with E-state index in [2.05, 4.69) is 20.6 Å². The molecule has 0 bridgehead atoms. The zero-order valence-electron chi connectivity index (χ0n) is 24.6.